The molecule has 0 fully saturated rings. The molecule has 2 atom stereocenters. The van der Waals surface area contributed by atoms with Crippen molar-refractivity contribution in [2.45, 2.75) is 25.8 Å². The van der Waals surface area contributed by atoms with E-state index in [2.05, 4.69) is 10.3 Å². The van der Waals surface area contributed by atoms with E-state index in [0.717, 1.165) is 21.8 Å². The summed E-state index contributed by atoms with van der Waals surface area (Å²) >= 11 is 2.91. The Hall–Kier alpha value is -3.65. The highest BCUT2D eigenvalue weighted by Gasteiger charge is 2.31. The minimum absolute atomic E-state index is 0.169. The number of hydrogen-bond acceptors (Lipinski definition) is 9. The number of ether oxygens (including phenoxy) is 1. The Labute approximate surface area is 234 Å². The first-order chi connectivity index (χ1) is 18.6. The van der Waals surface area contributed by atoms with Crippen LogP contribution in [0.15, 0.2) is 65.4 Å². The lowest BCUT2D eigenvalue weighted by atomic mass is 9.97. The standard InChI is InChI=1S/C26H26N4O6S3/c1-16-27-23(15-37-16)25-29-22(14-38-25)21(13-18-8-10-19(11-9-18)30-39(33,34)35)28-24(31)20(26(32)36-2)12-17-6-4-3-5-7-17/h3-11,14-15,20-21,30H,12-13H2,1-2H3,(H,28,31)(H,33,34,35)/t20-,21?/m0/s1. The minimum atomic E-state index is -4.40. The molecule has 1 unspecified atom stereocenters. The van der Waals surface area contributed by atoms with Crippen LogP contribution in [0.4, 0.5) is 5.69 Å². The van der Waals surface area contributed by atoms with E-state index in [1.165, 1.54) is 41.9 Å². The molecule has 0 aliphatic heterocycles. The molecule has 0 aliphatic carbocycles. The van der Waals surface area contributed by atoms with Gasteiger partial charge in [-0.2, -0.15) is 8.42 Å². The van der Waals surface area contributed by atoms with Gasteiger partial charge in [-0.15, -0.1) is 22.7 Å². The van der Waals surface area contributed by atoms with Crippen LogP contribution in [0, 0.1) is 12.8 Å². The van der Waals surface area contributed by atoms with Crippen molar-refractivity contribution in [3.8, 4) is 10.7 Å². The lowest BCUT2D eigenvalue weighted by Gasteiger charge is -2.21. The Bertz CT molecular complexity index is 1540. The molecule has 0 saturated carbocycles. The fraction of sp³-hybridized carbons (Fsp3) is 0.231. The maximum absolute atomic E-state index is 13.5. The van der Waals surface area contributed by atoms with Crippen LogP contribution in [-0.4, -0.2) is 41.9 Å². The summed E-state index contributed by atoms with van der Waals surface area (Å²) in [6, 6.07) is 14.9. The van der Waals surface area contributed by atoms with Crippen molar-refractivity contribution < 1.29 is 27.3 Å². The maximum atomic E-state index is 13.5. The molecule has 0 aliphatic rings. The summed E-state index contributed by atoms with van der Waals surface area (Å²) in [4.78, 5) is 35.3. The number of nitrogens with zero attached hydrogens (tertiary/aromatic N) is 2. The number of carbonyl (C=O) groups is 2. The van der Waals surface area contributed by atoms with Gasteiger partial charge in [0.05, 0.1) is 29.5 Å². The molecule has 4 aromatic rings. The second kappa shape index (κ2) is 12.5. The van der Waals surface area contributed by atoms with Gasteiger partial charge in [-0.3, -0.25) is 18.9 Å². The number of carbonyl (C=O) groups excluding carboxylic acids is 2. The van der Waals surface area contributed by atoms with Crippen LogP contribution < -0.4 is 10.0 Å². The molecule has 0 saturated heterocycles. The number of esters is 1. The van der Waals surface area contributed by atoms with Gasteiger partial charge in [0.2, 0.25) is 5.91 Å². The topological polar surface area (TPSA) is 148 Å². The van der Waals surface area contributed by atoms with Gasteiger partial charge in [-0.05, 0) is 43.0 Å². The van der Waals surface area contributed by atoms with E-state index >= 15 is 0 Å². The Balaban J connectivity index is 1.61. The van der Waals surface area contributed by atoms with Crippen LogP contribution in [0.2, 0.25) is 0 Å². The molecule has 4 rings (SSSR count). The van der Waals surface area contributed by atoms with Gasteiger partial charge in [0.15, 0.2) is 0 Å². The van der Waals surface area contributed by atoms with E-state index in [1.54, 1.807) is 12.1 Å². The number of aryl methyl sites for hydroxylation is 1. The van der Waals surface area contributed by atoms with Crippen molar-refractivity contribution in [3.63, 3.8) is 0 Å². The second-order valence-corrected chi connectivity index (χ2v) is 11.7. The number of nitrogens with one attached hydrogen (secondary N) is 2. The highest BCUT2D eigenvalue weighted by molar-refractivity contribution is 7.87. The van der Waals surface area contributed by atoms with Crippen molar-refractivity contribution in [2.24, 2.45) is 5.92 Å². The van der Waals surface area contributed by atoms with Gasteiger partial charge in [0.25, 0.3) is 0 Å². The van der Waals surface area contributed by atoms with Crippen molar-refractivity contribution in [1.29, 1.82) is 0 Å². The predicted octanol–water partition coefficient (Wildman–Crippen LogP) is 4.22. The third-order valence-corrected chi connectivity index (χ3v) is 7.91. The number of thiazole rings is 2. The first-order valence-corrected chi connectivity index (χ1v) is 15.0. The number of hydrogen-bond donors (Lipinski definition) is 3. The van der Waals surface area contributed by atoms with Gasteiger partial charge < -0.3 is 10.1 Å². The number of methoxy groups -OCH3 is 1. The average Bonchev–Trinajstić information content (AvgIpc) is 3.56. The normalized spacial score (nSPS) is 12.9. The maximum Gasteiger partial charge on any atom is 0.357 e. The van der Waals surface area contributed by atoms with E-state index in [9.17, 15) is 18.0 Å². The van der Waals surface area contributed by atoms with E-state index in [1.807, 2.05) is 52.7 Å². The zero-order valence-electron chi connectivity index (χ0n) is 21.0. The molecule has 0 bridgehead atoms. The molecule has 13 heteroatoms. The van der Waals surface area contributed by atoms with Crippen LogP contribution in [0.25, 0.3) is 10.7 Å². The van der Waals surface area contributed by atoms with Crippen molar-refractivity contribution in [2.75, 3.05) is 11.8 Å². The van der Waals surface area contributed by atoms with Crippen molar-refractivity contribution in [3.05, 3.63) is 87.2 Å². The molecular formula is C26H26N4O6S3. The summed E-state index contributed by atoms with van der Waals surface area (Å²) in [7, 11) is -3.16. The summed E-state index contributed by atoms with van der Waals surface area (Å²) in [6.45, 7) is 1.91. The molecular weight excluding hydrogens is 561 g/mol. The zero-order valence-corrected chi connectivity index (χ0v) is 23.5. The molecule has 204 valence electrons. The Morgan fingerprint density at radius 1 is 0.974 bits per heavy atom. The fourth-order valence-electron chi connectivity index (χ4n) is 3.90. The molecule has 2 heterocycles. The quantitative estimate of drug-likeness (QED) is 0.134. The van der Waals surface area contributed by atoms with Crippen LogP contribution >= 0.6 is 22.7 Å². The van der Waals surface area contributed by atoms with E-state index < -0.39 is 34.1 Å². The zero-order chi connectivity index (χ0) is 28.0. The van der Waals surface area contributed by atoms with E-state index in [0.29, 0.717) is 17.1 Å². The second-order valence-electron chi connectivity index (χ2n) is 8.63. The molecule has 2 aromatic heterocycles. The van der Waals surface area contributed by atoms with Crippen LogP contribution in [0.5, 0.6) is 0 Å². The molecule has 10 nitrogen and oxygen atoms in total. The summed E-state index contributed by atoms with van der Waals surface area (Å²) in [5.41, 5.74) is 3.10. The number of amides is 1. The number of anilines is 1. The largest absolute Gasteiger partial charge is 0.468 e. The summed E-state index contributed by atoms with van der Waals surface area (Å²) in [5, 5.41) is 8.35. The minimum Gasteiger partial charge on any atom is -0.468 e. The first-order valence-electron chi connectivity index (χ1n) is 11.8. The van der Waals surface area contributed by atoms with Crippen molar-refractivity contribution >= 4 is 50.5 Å². The van der Waals surface area contributed by atoms with Gasteiger partial charge in [-0.25, -0.2) is 9.97 Å². The molecule has 0 radical (unpaired) electrons. The lowest BCUT2D eigenvalue weighted by Crippen LogP contribution is -2.40. The van der Waals surface area contributed by atoms with Crippen LogP contribution in [0.3, 0.4) is 0 Å². The van der Waals surface area contributed by atoms with Crippen LogP contribution in [0.1, 0.15) is 27.9 Å². The van der Waals surface area contributed by atoms with Gasteiger partial charge in [0, 0.05) is 10.8 Å². The summed E-state index contributed by atoms with van der Waals surface area (Å²) < 4.78 is 38.2. The Morgan fingerprint density at radius 2 is 1.67 bits per heavy atom. The number of benzene rings is 2. The number of aromatic nitrogens is 2. The summed E-state index contributed by atoms with van der Waals surface area (Å²) in [5.74, 6) is -2.22. The average molecular weight is 587 g/mol. The Morgan fingerprint density at radius 3 is 2.28 bits per heavy atom. The lowest BCUT2D eigenvalue weighted by molar-refractivity contribution is -0.150. The van der Waals surface area contributed by atoms with Gasteiger partial charge in [0.1, 0.15) is 16.6 Å². The van der Waals surface area contributed by atoms with Gasteiger partial charge in [-0.1, -0.05) is 42.5 Å². The van der Waals surface area contributed by atoms with E-state index in [4.69, 9.17) is 14.3 Å². The smallest absolute Gasteiger partial charge is 0.357 e. The first kappa shape index (κ1) is 28.4. The molecule has 39 heavy (non-hydrogen) atoms. The third-order valence-electron chi connectivity index (χ3n) is 5.76. The highest BCUT2D eigenvalue weighted by atomic mass is 32.2. The molecule has 1 amide bonds. The SMILES string of the molecule is COC(=O)[C@@H](Cc1ccccc1)C(=O)NC(Cc1ccc(NS(=O)(=O)O)cc1)c1csc(-c2csc(C)n2)n1. The van der Waals surface area contributed by atoms with Crippen molar-refractivity contribution in [1.82, 2.24) is 15.3 Å². The van der Waals surface area contributed by atoms with Crippen LogP contribution in [-0.2, 0) is 37.5 Å². The molecule has 2 aromatic carbocycles. The highest BCUT2D eigenvalue weighted by Crippen LogP contribution is 2.29. The number of rotatable bonds is 11. The molecule has 3 N–H and O–H groups in total. The summed E-state index contributed by atoms with van der Waals surface area (Å²) in [6.07, 6.45) is 0.471. The monoisotopic (exact) mass is 586 g/mol. The van der Waals surface area contributed by atoms with E-state index in [-0.39, 0.29) is 12.1 Å². The van der Waals surface area contributed by atoms with Gasteiger partial charge >= 0.3 is 16.3 Å². The predicted molar refractivity (Wildman–Crippen MR) is 150 cm³/mol. The third kappa shape index (κ3) is 7.93. The molecule has 0 spiro atoms. The fourth-order valence-corrected chi connectivity index (χ4v) is 5.83. The Kier molecular flexibility index (Phi) is 9.07.